The molecule has 0 heterocycles. The molecule has 0 saturated carbocycles. The fraction of sp³-hybridized carbons (Fsp3) is 0.138. The van der Waals surface area contributed by atoms with Crippen LogP contribution >= 0.6 is 0 Å². The molecule has 5 nitrogen and oxygen atoms in total. The van der Waals surface area contributed by atoms with E-state index in [2.05, 4.69) is 13.2 Å². The van der Waals surface area contributed by atoms with E-state index in [1.165, 1.54) is 0 Å². The summed E-state index contributed by atoms with van der Waals surface area (Å²) in [6.45, 7) is 10.6. The van der Waals surface area contributed by atoms with Gasteiger partial charge in [0.25, 0.3) is 0 Å². The van der Waals surface area contributed by atoms with Crippen LogP contribution in [0.1, 0.15) is 30.5 Å². The Kier molecular flexibility index (Phi) is 7.93. The Morgan fingerprint density at radius 3 is 2.21 bits per heavy atom. The van der Waals surface area contributed by atoms with Crippen molar-refractivity contribution in [3.05, 3.63) is 108 Å². The second kappa shape index (κ2) is 11.1. The molecule has 0 aliphatic heterocycles. The molecule has 0 bridgehead atoms. The predicted octanol–water partition coefficient (Wildman–Crippen LogP) is 5.77. The Labute approximate surface area is 199 Å². The third-order valence-electron chi connectivity index (χ3n) is 5.16. The van der Waals surface area contributed by atoms with Gasteiger partial charge < -0.3 is 9.47 Å². The van der Waals surface area contributed by atoms with Crippen LogP contribution in [-0.4, -0.2) is 17.7 Å². The number of hydrogen-bond acceptors (Lipinski definition) is 5. The van der Waals surface area contributed by atoms with Crippen molar-refractivity contribution in [1.29, 1.82) is 0 Å². The molecule has 3 aromatic carbocycles. The second-order valence-corrected chi connectivity index (χ2v) is 7.99. The highest BCUT2D eigenvalue weighted by molar-refractivity contribution is 5.96. The van der Waals surface area contributed by atoms with Crippen molar-refractivity contribution in [3.8, 4) is 5.75 Å². The molecule has 0 fully saturated rings. The first-order valence-corrected chi connectivity index (χ1v) is 10.7. The normalized spacial score (nSPS) is 11.1. The maximum atomic E-state index is 12.6. The molecule has 3 rings (SSSR count). The van der Waals surface area contributed by atoms with E-state index in [0.29, 0.717) is 23.3 Å². The number of ketones is 1. The summed E-state index contributed by atoms with van der Waals surface area (Å²) in [7, 11) is 0. The van der Waals surface area contributed by atoms with Crippen LogP contribution in [0.25, 0.3) is 16.8 Å². The molecule has 172 valence electrons. The van der Waals surface area contributed by atoms with Crippen LogP contribution in [0.15, 0.2) is 91.0 Å². The van der Waals surface area contributed by atoms with E-state index in [1.807, 2.05) is 48.5 Å². The Morgan fingerprint density at radius 2 is 1.53 bits per heavy atom. The molecule has 0 radical (unpaired) electrons. The zero-order valence-corrected chi connectivity index (χ0v) is 19.3. The first kappa shape index (κ1) is 24.4. The van der Waals surface area contributed by atoms with Gasteiger partial charge in [-0.25, -0.2) is 9.59 Å². The lowest BCUT2D eigenvalue weighted by atomic mass is 10.0. The molecule has 0 unspecified atom stereocenters. The highest BCUT2D eigenvalue weighted by Gasteiger charge is 2.10. The van der Waals surface area contributed by atoms with Crippen LogP contribution in [0.5, 0.6) is 5.75 Å². The fourth-order valence-corrected chi connectivity index (χ4v) is 3.20. The molecule has 0 aliphatic rings. The van der Waals surface area contributed by atoms with E-state index < -0.39 is 11.9 Å². The highest BCUT2D eigenvalue weighted by Crippen LogP contribution is 2.23. The lowest BCUT2D eigenvalue weighted by Gasteiger charge is -2.08. The van der Waals surface area contributed by atoms with Crippen LogP contribution in [0.3, 0.4) is 0 Å². The molecule has 5 heteroatoms. The zero-order chi connectivity index (χ0) is 24.7. The van der Waals surface area contributed by atoms with E-state index in [0.717, 1.165) is 33.5 Å². The largest absolute Gasteiger partial charge is 0.458 e. The third-order valence-corrected chi connectivity index (χ3v) is 5.16. The van der Waals surface area contributed by atoms with Gasteiger partial charge in [0.1, 0.15) is 12.4 Å². The van der Waals surface area contributed by atoms with Gasteiger partial charge in [0.05, 0.1) is 0 Å². The van der Waals surface area contributed by atoms with Gasteiger partial charge >= 0.3 is 11.9 Å². The number of allylic oxidation sites excluding steroid dienone is 1. The summed E-state index contributed by atoms with van der Waals surface area (Å²) in [4.78, 5) is 35.6. The van der Waals surface area contributed by atoms with Crippen molar-refractivity contribution >= 4 is 34.6 Å². The zero-order valence-electron chi connectivity index (χ0n) is 19.3. The molecular formula is C29H26O5. The number of Topliss-reactive ketones (excluding diaryl/α,β-unsaturated/α-hetero) is 1. The summed E-state index contributed by atoms with van der Waals surface area (Å²) in [6.07, 6.45) is 3.18. The first-order valence-electron chi connectivity index (χ1n) is 10.7. The first-order chi connectivity index (χ1) is 16.2. The number of carbonyl (C=O) groups is 3. The minimum Gasteiger partial charge on any atom is -0.458 e. The van der Waals surface area contributed by atoms with E-state index in [1.54, 1.807) is 32.1 Å². The molecule has 0 amide bonds. The topological polar surface area (TPSA) is 69.7 Å². The molecule has 0 saturated heterocycles. The SMILES string of the molecule is C=CC(=O)OCc1ccc2cc(OC(=O)/C(C)=C/c3ccc(CC(=O)C(=C)C)cc3)ccc2c1. The smallest absolute Gasteiger partial charge is 0.339 e. The number of ether oxygens (including phenoxy) is 2. The summed E-state index contributed by atoms with van der Waals surface area (Å²) in [5.74, 6) is -0.482. The molecular weight excluding hydrogens is 428 g/mol. The minimum atomic E-state index is -0.473. The quantitative estimate of drug-likeness (QED) is 0.233. The third kappa shape index (κ3) is 6.62. The van der Waals surface area contributed by atoms with Gasteiger partial charge in [-0.1, -0.05) is 55.6 Å². The van der Waals surface area contributed by atoms with Crippen LogP contribution in [-0.2, 0) is 32.1 Å². The maximum Gasteiger partial charge on any atom is 0.339 e. The maximum absolute atomic E-state index is 12.6. The van der Waals surface area contributed by atoms with Gasteiger partial charge in [-0.3, -0.25) is 4.79 Å². The van der Waals surface area contributed by atoms with Crippen molar-refractivity contribution in [2.45, 2.75) is 26.9 Å². The van der Waals surface area contributed by atoms with Crippen LogP contribution < -0.4 is 4.74 Å². The van der Waals surface area contributed by atoms with Crippen LogP contribution in [0.4, 0.5) is 0 Å². The number of esters is 2. The summed E-state index contributed by atoms with van der Waals surface area (Å²) in [6, 6.07) is 18.4. The van der Waals surface area contributed by atoms with E-state index in [4.69, 9.17) is 9.47 Å². The monoisotopic (exact) mass is 454 g/mol. The lowest BCUT2D eigenvalue weighted by Crippen LogP contribution is -2.09. The van der Waals surface area contributed by atoms with Crippen molar-refractivity contribution < 1.29 is 23.9 Å². The van der Waals surface area contributed by atoms with Gasteiger partial charge in [-0.15, -0.1) is 0 Å². The van der Waals surface area contributed by atoms with Crippen LogP contribution in [0, 0.1) is 0 Å². The minimum absolute atomic E-state index is 0.00536. The average Bonchev–Trinajstić information content (AvgIpc) is 2.83. The molecule has 0 atom stereocenters. The molecule has 0 N–H and O–H groups in total. The lowest BCUT2D eigenvalue weighted by molar-refractivity contribution is -0.139. The van der Waals surface area contributed by atoms with Gasteiger partial charge in [0.2, 0.25) is 0 Å². The number of rotatable bonds is 9. The van der Waals surface area contributed by atoms with E-state index in [9.17, 15) is 14.4 Å². The van der Waals surface area contributed by atoms with Crippen LogP contribution in [0.2, 0.25) is 0 Å². The summed E-state index contributed by atoms with van der Waals surface area (Å²) < 4.78 is 10.6. The Bertz CT molecular complexity index is 1300. The number of carbonyl (C=O) groups excluding carboxylic acids is 3. The van der Waals surface area contributed by atoms with E-state index in [-0.39, 0.29) is 12.4 Å². The van der Waals surface area contributed by atoms with Crippen molar-refractivity contribution in [2.75, 3.05) is 0 Å². The Hall–Kier alpha value is -4.25. The number of benzene rings is 3. The van der Waals surface area contributed by atoms with Gasteiger partial charge in [0.15, 0.2) is 5.78 Å². The molecule has 3 aromatic rings. The predicted molar refractivity (Wildman–Crippen MR) is 133 cm³/mol. The van der Waals surface area contributed by atoms with Gasteiger partial charge in [-0.05, 0) is 71.2 Å². The average molecular weight is 455 g/mol. The summed E-state index contributed by atoms with van der Waals surface area (Å²) in [5.41, 5.74) is 3.56. The Balaban J connectivity index is 1.65. The Morgan fingerprint density at radius 1 is 0.882 bits per heavy atom. The van der Waals surface area contributed by atoms with Crippen molar-refractivity contribution in [1.82, 2.24) is 0 Å². The van der Waals surface area contributed by atoms with E-state index >= 15 is 0 Å². The fourth-order valence-electron chi connectivity index (χ4n) is 3.20. The molecule has 0 spiro atoms. The van der Waals surface area contributed by atoms with Gasteiger partial charge in [-0.2, -0.15) is 0 Å². The molecule has 34 heavy (non-hydrogen) atoms. The van der Waals surface area contributed by atoms with Crippen molar-refractivity contribution in [3.63, 3.8) is 0 Å². The van der Waals surface area contributed by atoms with Crippen molar-refractivity contribution in [2.24, 2.45) is 0 Å². The molecule has 0 aliphatic carbocycles. The summed E-state index contributed by atoms with van der Waals surface area (Å²) >= 11 is 0. The number of hydrogen-bond donors (Lipinski definition) is 0. The summed E-state index contributed by atoms with van der Waals surface area (Å²) in [5, 5.41) is 1.83. The number of fused-ring (bicyclic) bond motifs is 1. The highest BCUT2D eigenvalue weighted by atomic mass is 16.5. The second-order valence-electron chi connectivity index (χ2n) is 7.99. The molecule has 0 aromatic heterocycles. The standard InChI is InChI=1S/C29H26O5/c1-5-28(31)33-18-23-10-11-25-17-26(13-12-24(25)15-23)34-29(32)20(4)14-21-6-8-22(9-7-21)16-27(30)19(2)3/h5-15,17H,1-2,16,18H2,3-4H3/b20-14+. The van der Waals surface area contributed by atoms with Gasteiger partial charge in [0, 0.05) is 18.1 Å².